The quantitative estimate of drug-likeness (QED) is 0.487. The molecule has 0 unspecified atom stereocenters. The van der Waals surface area contributed by atoms with Crippen LogP contribution in [0.4, 0.5) is 13.2 Å². The van der Waals surface area contributed by atoms with Crippen LogP contribution in [0.25, 0.3) is 0 Å². The van der Waals surface area contributed by atoms with Gasteiger partial charge in [-0.25, -0.2) is 0 Å². The summed E-state index contributed by atoms with van der Waals surface area (Å²) in [7, 11) is 1.55. The monoisotopic (exact) mass is 493 g/mol. The van der Waals surface area contributed by atoms with Gasteiger partial charge in [-0.2, -0.15) is 13.2 Å². The fraction of sp³-hybridized carbons (Fsp3) is 0.538. The first kappa shape index (κ1) is 26.8. The topological polar surface area (TPSA) is 54.8 Å². The lowest BCUT2D eigenvalue weighted by Gasteiger charge is -2.32. The second-order valence-corrected chi connectivity index (χ2v) is 10.0. The number of carbonyl (C=O) groups is 2. The minimum atomic E-state index is -4.41. The van der Waals surface area contributed by atoms with E-state index in [-0.39, 0.29) is 37.5 Å². The summed E-state index contributed by atoms with van der Waals surface area (Å²) in [5.74, 6) is -0.230. The number of amides is 2. The molecule has 192 valence electrons. The number of aromatic nitrogens is 1. The number of ether oxygens (including phenoxy) is 1. The van der Waals surface area contributed by atoms with E-state index in [0.717, 1.165) is 30.7 Å². The van der Waals surface area contributed by atoms with Crippen molar-refractivity contribution >= 4 is 11.8 Å². The predicted octanol–water partition coefficient (Wildman–Crippen LogP) is 4.57. The fourth-order valence-electron chi connectivity index (χ4n) is 3.91. The summed E-state index contributed by atoms with van der Waals surface area (Å²) in [6, 6.07) is 8.99. The Morgan fingerprint density at radius 1 is 1.11 bits per heavy atom. The first-order chi connectivity index (χ1) is 16.4. The Kier molecular flexibility index (Phi) is 8.30. The van der Waals surface area contributed by atoms with Crippen molar-refractivity contribution in [2.75, 3.05) is 26.8 Å². The van der Waals surface area contributed by atoms with Crippen molar-refractivity contribution in [3.63, 3.8) is 0 Å². The summed E-state index contributed by atoms with van der Waals surface area (Å²) < 4.78 is 46.4. The van der Waals surface area contributed by atoms with E-state index in [0.29, 0.717) is 18.7 Å². The smallest absolute Gasteiger partial charge is 0.383 e. The number of nitrogens with zero attached hydrogens (tertiary/aromatic N) is 3. The number of benzene rings is 1. The molecule has 0 aliphatic heterocycles. The van der Waals surface area contributed by atoms with Gasteiger partial charge in [0.2, 0.25) is 11.8 Å². The number of carbonyl (C=O) groups excluding carboxylic acids is 2. The Balaban J connectivity index is 1.75. The van der Waals surface area contributed by atoms with E-state index >= 15 is 0 Å². The third kappa shape index (κ3) is 7.34. The lowest BCUT2D eigenvalue weighted by Crippen LogP contribution is -2.48. The summed E-state index contributed by atoms with van der Waals surface area (Å²) in [5.41, 5.74) is 0.0267. The number of hydrogen-bond donors (Lipinski definition) is 0. The third-order valence-corrected chi connectivity index (χ3v) is 6.00. The van der Waals surface area contributed by atoms with Gasteiger partial charge in [0.1, 0.15) is 6.54 Å². The highest BCUT2D eigenvalue weighted by molar-refractivity contribution is 5.88. The molecule has 0 N–H and O–H groups in total. The lowest BCUT2D eigenvalue weighted by molar-refractivity contribution is -0.146. The molecule has 0 saturated heterocycles. The predicted molar refractivity (Wildman–Crippen MR) is 126 cm³/mol. The molecule has 1 fully saturated rings. The first-order valence-electron chi connectivity index (χ1n) is 11.8. The SMILES string of the molecule is COCCN(Cc1cccn1Cc1cccc(C(F)(F)F)c1)C(=O)CN(C(=O)C(C)(C)C)C1CC1. The average Bonchev–Trinajstić information content (AvgIpc) is 3.53. The van der Waals surface area contributed by atoms with Gasteiger partial charge in [-0.05, 0) is 42.7 Å². The molecule has 2 aromatic rings. The maximum atomic E-state index is 13.3. The zero-order valence-corrected chi connectivity index (χ0v) is 20.8. The van der Waals surface area contributed by atoms with Crippen LogP contribution in [-0.4, -0.2) is 59.0 Å². The van der Waals surface area contributed by atoms with E-state index in [1.165, 1.54) is 6.07 Å². The van der Waals surface area contributed by atoms with E-state index < -0.39 is 17.2 Å². The van der Waals surface area contributed by atoms with Crippen LogP contribution in [0.5, 0.6) is 0 Å². The average molecular weight is 494 g/mol. The maximum absolute atomic E-state index is 13.3. The Morgan fingerprint density at radius 3 is 2.43 bits per heavy atom. The van der Waals surface area contributed by atoms with Crippen LogP contribution in [0.1, 0.15) is 50.4 Å². The summed E-state index contributed by atoms with van der Waals surface area (Å²) in [6.07, 6.45) is -0.828. The number of rotatable bonds is 10. The molecule has 9 heteroatoms. The molecular weight excluding hydrogens is 459 g/mol. The molecule has 35 heavy (non-hydrogen) atoms. The molecule has 0 spiro atoms. The van der Waals surface area contributed by atoms with Crippen molar-refractivity contribution < 1.29 is 27.5 Å². The van der Waals surface area contributed by atoms with Crippen LogP contribution in [-0.2, 0) is 33.6 Å². The molecule has 1 aliphatic rings. The second kappa shape index (κ2) is 10.8. The molecule has 1 aliphatic carbocycles. The minimum Gasteiger partial charge on any atom is -0.383 e. The van der Waals surface area contributed by atoms with Crippen LogP contribution in [0, 0.1) is 5.41 Å². The molecule has 1 aromatic heterocycles. The third-order valence-electron chi connectivity index (χ3n) is 6.00. The molecule has 6 nitrogen and oxygen atoms in total. The lowest BCUT2D eigenvalue weighted by atomic mass is 9.94. The normalized spacial score (nSPS) is 14.1. The van der Waals surface area contributed by atoms with Gasteiger partial charge < -0.3 is 19.1 Å². The molecule has 1 aromatic carbocycles. The van der Waals surface area contributed by atoms with Crippen molar-refractivity contribution in [1.82, 2.24) is 14.4 Å². The van der Waals surface area contributed by atoms with Gasteiger partial charge in [0.15, 0.2) is 0 Å². The van der Waals surface area contributed by atoms with Crippen molar-refractivity contribution in [2.24, 2.45) is 5.41 Å². The summed E-state index contributed by atoms with van der Waals surface area (Å²) in [4.78, 5) is 29.6. The summed E-state index contributed by atoms with van der Waals surface area (Å²) in [5, 5.41) is 0. The molecule has 3 rings (SSSR count). The van der Waals surface area contributed by atoms with E-state index in [1.807, 2.05) is 37.5 Å². The summed E-state index contributed by atoms with van der Waals surface area (Å²) in [6.45, 7) is 6.71. The van der Waals surface area contributed by atoms with E-state index in [1.54, 1.807) is 29.2 Å². The van der Waals surface area contributed by atoms with Gasteiger partial charge in [0, 0.05) is 43.5 Å². The number of alkyl halides is 3. The Bertz CT molecular complexity index is 1020. The Morgan fingerprint density at radius 2 is 1.83 bits per heavy atom. The summed E-state index contributed by atoms with van der Waals surface area (Å²) >= 11 is 0. The molecule has 0 atom stereocenters. The van der Waals surface area contributed by atoms with Crippen molar-refractivity contribution in [1.29, 1.82) is 0 Å². The van der Waals surface area contributed by atoms with Crippen LogP contribution < -0.4 is 0 Å². The molecular formula is C26H34F3N3O3. The standard InChI is InChI=1S/C26H34F3N3O3/c1-25(2,3)24(34)32(21-10-11-21)18-23(33)31(13-14-35-4)17-22-9-6-12-30(22)16-19-7-5-8-20(15-19)26(27,28)29/h5-9,12,15,21H,10-11,13-14,16-18H2,1-4H3. The highest BCUT2D eigenvalue weighted by Crippen LogP contribution is 2.31. The van der Waals surface area contributed by atoms with E-state index in [4.69, 9.17) is 4.74 Å². The number of halogens is 3. The highest BCUT2D eigenvalue weighted by Gasteiger charge is 2.39. The fourth-order valence-corrected chi connectivity index (χ4v) is 3.91. The zero-order chi connectivity index (χ0) is 25.8. The van der Waals surface area contributed by atoms with Gasteiger partial charge in [0.25, 0.3) is 0 Å². The maximum Gasteiger partial charge on any atom is 0.416 e. The van der Waals surface area contributed by atoms with Crippen molar-refractivity contribution in [3.8, 4) is 0 Å². The molecule has 1 heterocycles. The van der Waals surface area contributed by atoms with Gasteiger partial charge in [-0.15, -0.1) is 0 Å². The molecule has 0 radical (unpaired) electrons. The van der Waals surface area contributed by atoms with E-state index in [9.17, 15) is 22.8 Å². The first-order valence-corrected chi connectivity index (χ1v) is 11.8. The highest BCUT2D eigenvalue weighted by atomic mass is 19.4. The van der Waals surface area contributed by atoms with Crippen molar-refractivity contribution in [3.05, 3.63) is 59.4 Å². The molecule has 1 saturated carbocycles. The minimum absolute atomic E-state index is 0.00117. The number of hydrogen-bond acceptors (Lipinski definition) is 3. The second-order valence-electron chi connectivity index (χ2n) is 10.0. The van der Waals surface area contributed by atoms with Gasteiger partial charge in [0.05, 0.1) is 18.7 Å². The Hall–Kier alpha value is -2.81. The van der Waals surface area contributed by atoms with Crippen molar-refractivity contribution in [2.45, 2.75) is 58.9 Å². The Labute approximate surface area is 204 Å². The zero-order valence-electron chi connectivity index (χ0n) is 20.8. The van der Waals surface area contributed by atoms with Crippen LogP contribution in [0.2, 0.25) is 0 Å². The largest absolute Gasteiger partial charge is 0.416 e. The van der Waals surface area contributed by atoms with Gasteiger partial charge in [-0.1, -0.05) is 32.9 Å². The molecule has 2 amide bonds. The van der Waals surface area contributed by atoms with Gasteiger partial charge >= 0.3 is 6.18 Å². The van der Waals surface area contributed by atoms with Gasteiger partial charge in [-0.3, -0.25) is 9.59 Å². The van der Waals surface area contributed by atoms with E-state index in [2.05, 4.69) is 0 Å². The molecule has 0 bridgehead atoms. The van der Waals surface area contributed by atoms with Crippen LogP contribution in [0.15, 0.2) is 42.6 Å². The van der Waals surface area contributed by atoms with Crippen LogP contribution in [0.3, 0.4) is 0 Å². The van der Waals surface area contributed by atoms with Crippen LogP contribution >= 0.6 is 0 Å². The number of methoxy groups -OCH3 is 1.